The lowest BCUT2D eigenvalue weighted by Crippen LogP contribution is -2.31. The predicted octanol–water partition coefficient (Wildman–Crippen LogP) is 1.47. The highest BCUT2D eigenvalue weighted by molar-refractivity contribution is 5.40. The average molecular weight is 243 g/mol. The van der Waals surface area contributed by atoms with E-state index in [-0.39, 0.29) is 12.0 Å². The number of nitrogens with zero attached hydrogens (tertiary/aromatic N) is 2. The fraction of sp³-hybridized carbons (Fsp3) is 0.357. The lowest BCUT2D eigenvalue weighted by Gasteiger charge is -2.17. The minimum Gasteiger partial charge on any atom is -0.493 e. The number of nitrogens with two attached hydrogens (primary N) is 1. The summed E-state index contributed by atoms with van der Waals surface area (Å²) in [6.07, 6.45) is 2.73. The van der Waals surface area contributed by atoms with E-state index in [2.05, 4.69) is 11.2 Å². The van der Waals surface area contributed by atoms with Crippen LogP contribution in [0, 0.1) is 0 Å². The monoisotopic (exact) mass is 243 g/mol. The second-order valence-electron chi connectivity index (χ2n) is 4.80. The molecule has 1 aliphatic heterocycles. The SMILES string of the molecule is Cn1ccc(CC(N)C2COc3ccccc32)n1. The van der Waals surface area contributed by atoms with Crippen molar-refractivity contribution in [1.82, 2.24) is 9.78 Å². The van der Waals surface area contributed by atoms with Gasteiger partial charge in [0.15, 0.2) is 0 Å². The maximum Gasteiger partial charge on any atom is 0.122 e. The molecule has 4 nitrogen and oxygen atoms in total. The molecule has 0 amide bonds. The van der Waals surface area contributed by atoms with Crippen LogP contribution in [0.5, 0.6) is 5.75 Å². The van der Waals surface area contributed by atoms with Gasteiger partial charge in [0, 0.05) is 37.2 Å². The van der Waals surface area contributed by atoms with Crippen molar-refractivity contribution in [2.45, 2.75) is 18.4 Å². The van der Waals surface area contributed by atoms with Crippen LogP contribution in [0.2, 0.25) is 0 Å². The van der Waals surface area contributed by atoms with E-state index >= 15 is 0 Å². The zero-order chi connectivity index (χ0) is 12.5. The number of para-hydroxylation sites is 1. The van der Waals surface area contributed by atoms with E-state index in [4.69, 9.17) is 10.5 Å². The zero-order valence-electron chi connectivity index (χ0n) is 10.4. The molecular formula is C14H17N3O. The van der Waals surface area contributed by atoms with Gasteiger partial charge in [-0.1, -0.05) is 18.2 Å². The molecule has 2 aromatic rings. The number of rotatable bonds is 3. The van der Waals surface area contributed by atoms with E-state index in [9.17, 15) is 0 Å². The molecule has 18 heavy (non-hydrogen) atoms. The Morgan fingerprint density at radius 2 is 2.28 bits per heavy atom. The van der Waals surface area contributed by atoms with Gasteiger partial charge in [-0.25, -0.2) is 0 Å². The third kappa shape index (κ3) is 1.99. The fourth-order valence-electron chi connectivity index (χ4n) is 2.50. The molecule has 2 unspecified atom stereocenters. The molecule has 0 spiro atoms. The van der Waals surface area contributed by atoms with E-state index in [1.807, 2.05) is 37.5 Å². The fourth-order valence-corrected chi connectivity index (χ4v) is 2.50. The molecule has 2 atom stereocenters. The normalized spacial score (nSPS) is 19.3. The molecule has 1 aromatic heterocycles. The number of aryl methyl sites for hydroxylation is 1. The van der Waals surface area contributed by atoms with E-state index in [0.29, 0.717) is 6.61 Å². The minimum absolute atomic E-state index is 0.0450. The Labute approximate surface area is 106 Å². The highest BCUT2D eigenvalue weighted by Crippen LogP contribution is 2.35. The van der Waals surface area contributed by atoms with Crippen molar-refractivity contribution in [3.05, 3.63) is 47.8 Å². The molecule has 0 radical (unpaired) electrons. The Hall–Kier alpha value is -1.81. The molecule has 1 aromatic carbocycles. The summed E-state index contributed by atoms with van der Waals surface area (Å²) in [5, 5.41) is 4.37. The Balaban J connectivity index is 1.76. The first-order valence-corrected chi connectivity index (χ1v) is 6.20. The zero-order valence-corrected chi connectivity index (χ0v) is 10.4. The highest BCUT2D eigenvalue weighted by atomic mass is 16.5. The predicted molar refractivity (Wildman–Crippen MR) is 69.6 cm³/mol. The van der Waals surface area contributed by atoms with E-state index < -0.39 is 0 Å². The van der Waals surface area contributed by atoms with E-state index in [1.54, 1.807) is 4.68 Å². The summed E-state index contributed by atoms with van der Waals surface area (Å²) in [7, 11) is 1.92. The maximum absolute atomic E-state index is 6.31. The van der Waals surface area contributed by atoms with Crippen molar-refractivity contribution in [2.24, 2.45) is 12.8 Å². The topological polar surface area (TPSA) is 53.1 Å². The van der Waals surface area contributed by atoms with Crippen LogP contribution in [-0.2, 0) is 13.5 Å². The molecule has 94 valence electrons. The molecule has 2 heterocycles. The number of aromatic nitrogens is 2. The smallest absolute Gasteiger partial charge is 0.122 e. The van der Waals surface area contributed by atoms with Crippen LogP contribution in [0.15, 0.2) is 36.5 Å². The van der Waals surface area contributed by atoms with E-state index in [0.717, 1.165) is 17.9 Å². The first-order chi connectivity index (χ1) is 8.74. The lowest BCUT2D eigenvalue weighted by molar-refractivity contribution is 0.313. The third-order valence-corrected chi connectivity index (χ3v) is 3.47. The van der Waals surface area contributed by atoms with Gasteiger partial charge in [-0.15, -0.1) is 0 Å². The number of fused-ring (bicyclic) bond motifs is 1. The van der Waals surface area contributed by atoms with Gasteiger partial charge in [0.2, 0.25) is 0 Å². The van der Waals surface area contributed by atoms with Crippen LogP contribution >= 0.6 is 0 Å². The van der Waals surface area contributed by atoms with Gasteiger partial charge in [-0.05, 0) is 12.1 Å². The Kier molecular flexibility index (Phi) is 2.80. The second-order valence-corrected chi connectivity index (χ2v) is 4.80. The van der Waals surface area contributed by atoms with Crippen LogP contribution in [-0.4, -0.2) is 22.4 Å². The lowest BCUT2D eigenvalue weighted by atomic mass is 9.91. The highest BCUT2D eigenvalue weighted by Gasteiger charge is 2.29. The van der Waals surface area contributed by atoms with Gasteiger partial charge in [0.05, 0.1) is 12.3 Å². The van der Waals surface area contributed by atoms with Gasteiger partial charge in [-0.3, -0.25) is 4.68 Å². The molecule has 0 aliphatic carbocycles. The van der Waals surface area contributed by atoms with Crippen molar-refractivity contribution in [2.75, 3.05) is 6.61 Å². The standard InChI is InChI=1S/C14H17N3O/c1-17-7-6-10(16-17)8-13(15)12-9-18-14-5-3-2-4-11(12)14/h2-7,12-13H,8-9,15H2,1H3. The largest absolute Gasteiger partial charge is 0.493 e. The minimum atomic E-state index is 0.0450. The molecular weight excluding hydrogens is 226 g/mol. The molecule has 2 N–H and O–H groups in total. The number of benzene rings is 1. The quantitative estimate of drug-likeness (QED) is 0.888. The molecule has 0 bridgehead atoms. The summed E-state index contributed by atoms with van der Waals surface area (Å²) in [5.41, 5.74) is 8.57. The molecule has 0 saturated carbocycles. The van der Waals surface area contributed by atoms with Crippen LogP contribution in [0.25, 0.3) is 0 Å². The van der Waals surface area contributed by atoms with E-state index in [1.165, 1.54) is 5.56 Å². The van der Waals surface area contributed by atoms with Crippen molar-refractivity contribution >= 4 is 0 Å². The molecule has 1 aliphatic rings. The van der Waals surface area contributed by atoms with Crippen molar-refractivity contribution < 1.29 is 4.74 Å². The summed E-state index contributed by atoms with van der Waals surface area (Å²) in [4.78, 5) is 0. The van der Waals surface area contributed by atoms with Gasteiger partial charge < -0.3 is 10.5 Å². The van der Waals surface area contributed by atoms with Crippen LogP contribution in [0.4, 0.5) is 0 Å². The molecule has 3 rings (SSSR count). The Bertz CT molecular complexity index is 549. The molecule has 0 saturated heterocycles. The summed E-state index contributed by atoms with van der Waals surface area (Å²) in [5.74, 6) is 1.24. The number of ether oxygens (including phenoxy) is 1. The summed E-state index contributed by atoms with van der Waals surface area (Å²) in [6.45, 7) is 0.674. The molecule has 0 fully saturated rings. The summed E-state index contributed by atoms with van der Waals surface area (Å²) < 4.78 is 7.48. The third-order valence-electron chi connectivity index (χ3n) is 3.47. The van der Waals surface area contributed by atoms with Crippen molar-refractivity contribution in [3.8, 4) is 5.75 Å². The average Bonchev–Trinajstić information content (AvgIpc) is 2.95. The Morgan fingerprint density at radius 3 is 3.06 bits per heavy atom. The molecule has 4 heteroatoms. The summed E-state index contributed by atoms with van der Waals surface area (Å²) >= 11 is 0. The number of hydrogen-bond donors (Lipinski definition) is 1. The van der Waals surface area contributed by atoms with Gasteiger partial charge in [0.1, 0.15) is 5.75 Å². The first kappa shape index (κ1) is 11.3. The summed E-state index contributed by atoms with van der Waals surface area (Å²) in [6, 6.07) is 10.2. The van der Waals surface area contributed by atoms with Crippen molar-refractivity contribution in [1.29, 1.82) is 0 Å². The second kappa shape index (κ2) is 4.46. The number of hydrogen-bond acceptors (Lipinski definition) is 3. The van der Waals surface area contributed by atoms with Crippen LogP contribution in [0.1, 0.15) is 17.2 Å². The van der Waals surface area contributed by atoms with Gasteiger partial charge in [0.25, 0.3) is 0 Å². The Morgan fingerprint density at radius 1 is 1.44 bits per heavy atom. The van der Waals surface area contributed by atoms with Crippen LogP contribution in [0.3, 0.4) is 0 Å². The van der Waals surface area contributed by atoms with Crippen LogP contribution < -0.4 is 10.5 Å². The van der Waals surface area contributed by atoms with Gasteiger partial charge in [-0.2, -0.15) is 5.10 Å². The van der Waals surface area contributed by atoms with Gasteiger partial charge >= 0.3 is 0 Å². The first-order valence-electron chi connectivity index (χ1n) is 6.20. The maximum atomic E-state index is 6.31. The van der Waals surface area contributed by atoms with Crippen molar-refractivity contribution in [3.63, 3.8) is 0 Å².